The van der Waals surface area contributed by atoms with Crippen molar-refractivity contribution in [3.05, 3.63) is 76.5 Å². The summed E-state index contributed by atoms with van der Waals surface area (Å²) in [4.78, 5) is 11.6. The van der Waals surface area contributed by atoms with Gasteiger partial charge in [0, 0.05) is 28.8 Å². The molecule has 2 aromatic carbocycles. The van der Waals surface area contributed by atoms with Crippen molar-refractivity contribution in [1.82, 2.24) is 10.4 Å². The van der Waals surface area contributed by atoms with Gasteiger partial charge in [-0.25, -0.2) is 0 Å². The number of hydrogen-bond acceptors (Lipinski definition) is 2. The summed E-state index contributed by atoms with van der Waals surface area (Å²) in [6, 6.07) is 7.41. The Morgan fingerprint density at radius 2 is 1.70 bits per heavy atom. The molecule has 0 aliphatic rings. The number of amides is 1. The van der Waals surface area contributed by atoms with Crippen molar-refractivity contribution < 1.29 is 35.8 Å². The third-order valence-corrected chi connectivity index (χ3v) is 4.58. The largest absolute Gasteiger partial charge is 0.416 e. The van der Waals surface area contributed by atoms with Gasteiger partial charge in [-0.05, 0) is 24.3 Å². The van der Waals surface area contributed by atoms with E-state index in [9.17, 15) is 31.1 Å². The van der Waals surface area contributed by atoms with Gasteiger partial charge in [0.1, 0.15) is 5.69 Å². The number of hydrogen-bond donors (Lipinski definition) is 2. The average Bonchev–Trinajstić information content (AvgIpc) is 3.15. The number of aromatic amines is 1. The first-order chi connectivity index (χ1) is 15.4. The Balaban J connectivity index is 2.21. The Bertz CT molecular complexity index is 1240. The van der Waals surface area contributed by atoms with Crippen LogP contribution in [0.15, 0.2) is 54.7 Å². The van der Waals surface area contributed by atoms with E-state index >= 15 is 0 Å². The molecule has 0 atom stereocenters. The predicted octanol–water partition coefficient (Wildman–Crippen LogP) is 5.26. The predicted molar refractivity (Wildman–Crippen MR) is 106 cm³/mol. The van der Waals surface area contributed by atoms with Gasteiger partial charge < -0.3 is 0 Å². The van der Waals surface area contributed by atoms with Gasteiger partial charge in [0.2, 0.25) is 11.9 Å². The summed E-state index contributed by atoms with van der Waals surface area (Å²) in [5.74, 6) is -0.777. The van der Waals surface area contributed by atoms with E-state index in [1.165, 1.54) is 24.5 Å². The lowest BCUT2D eigenvalue weighted by atomic mass is 10.1. The van der Waals surface area contributed by atoms with Crippen LogP contribution in [0.4, 0.5) is 26.3 Å². The normalized spacial score (nSPS) is 12.1. The van der Waals surface area contributed by atoms with Crippen LogP contribution in [0.1, 0.15) is 16.7 Å². The van der Waals surface area contributed by atoms with Gasteiger partial charge in [-0.15, -0.1) is 0 Å². The Hall–Kier alpha value is -3.78. The fourth-order valence-electron chi connectivity index (χ4n) is 2.90. The summed E-state index contributed by atoms with van der Waals surface area (Å²) in [5.41, 5.74) is -2.47. The van der Waals surface area contributed by atoms with Crippen molar-refractivity contribution in [3.8, 4) is 23.1 Å². The van der Waals surface area contributed by atoms with Crippen LogP contribution in [0.25, 0.3) is 23.0 Å². The van der Waals surface area contributed by atoms with Crippen LogP contribution in [0.5, 0.6) is 0 Å². The molecule has 1 heterocycles. The number of nitrogens with zero attached hydrogens (tertiary/aromatic N) is 2. The molecule has 0 fully saturated rings. The Morgan fingerprint density at radius 1 is 1.06 bits per heavy atom. The van der Waals surface area contributed by atoms with Crippen LogP contribution in [-0.4, -0.2) is 11.0 Å². The average molecular weight is 486 g/mol. The van der Waals surface area contributed by atoms with Gasteiger partial charge >= 0.3 is 12.4 Å². The second kappa shape index (κ2) is 8.99. The highest BCUT2D eigenvalue weighted by molar-refractivity contribution is 6.30. The molecule has 3 aromatic rings. The number of alkyl halides is 6. The van der Waals surface area contributed by atoms with E-state index in [0.717, 1.165) is 10.8 Å². The van der Waals surface area contributed by atoms with Gasteiger partial charge in [-0.3, -0.25) is 10.1 Å². The molecule has 0 radical (unpaired) electrons. The minimum Gasteiger partial charge on any atom is -0.269 e. The van der Waals surface area contributed by atoms with Gasteiger partial charge in [-0.1, -0.05) is 28.4 Å². The summed E-state index contributed by atoms with van der Waals surface area (Å²) in [5, 5.41) is 13.4. The maximum Gasteiger partial charge on any atom is 0.416 e. The smallest absolute Gasteiger partial charge is 0.269 e. The van der Waals surface area contributed by atoms with E-state index in [1.807, 2.05) is 5.32 Å². The van der Waals surface area contributed by atoms with E-state index in [-0.39, 0.29) is 17.3 Å². The maximum atomic E-state index is 13.2. The van der Waals surface area contributed by atoms with Gasteiger partial charge in [0.15, 0.2) is 6.19 Å². The van der Waals surface area contributed by atoms with Gasteiger partial charge in [0.25, 0.3) is 5.91 Å². The van der Waals surface area contributed by atoms with Crippen LogP contribution in [0.3, 0.4) is 0 Å². The van der Waals surface area contributed by atoms with E-state index in [0.29, 0.717) is 22.7 Å². The number of rotatable bonds is 4. The molecular weight excluding hydrogens is 474 g/mol. The summed E-state index contributed by atoms with van der Waals surface area (Å²) < 4.78 is 80.4. The summed E-state index contributed by atoms with van der Waals surface area (Å²) >= 11 is 5.99. The molecule has 12 heteroatoms. The number of carbonyl (C=O) groups excluding carboxylic acids is 1. The molecule has 0 saturated carbocycles. The van der Waals surface area contributed by atoms with Gasteiger partial charge in [-0.2, -0.15) is 36.7 Å². The lowest BCUT2D eigenvalue weighted by molar-refractivity contribution is -0.654. The fourth-order valence-corrected chi connectivity index (χ4v) is 3.09. The van der Waals surface area contributed by atoms with Crippen molar-refractivity contribution in [3.63, 3.8) is 0 Å². The molecule has 170 valence electrons. The highest BCUT2D eigenvalue weighted by Crippen LogP contribution is 2.36. The third-order valence-electron chi connectivity index (χ3n) is 4.35. The number of halogens is 7. The summed E-state index contributed by atoms with van der Waals surface area (Å²) in [6.45, 7) is 0. The number of H-pyrrole nitrogens is 1. The fraction of sp³-hybridized carbons (Fsp3) is 0.0952. The van der Waals surface area contributed by atoms with Crippen molar-refractivity contribution in [1.29, 1.82) is 5.26 Å². The highest BCUT2D eigenvalue weighted by atomic mass is 35.5. The van der Waals surface area contributed by atoms with Crippen molar-refractivity contribution in [2.75, 3.05) is 0 Å². The molecule has 0 aliphatic heterocycles. The minimum absolute atomic E-state index is 0.0257. The van der Waals surface area contributed by atoms with Crippen LogP contribution in [0.2, 0.25) is 5.02 Å². The molecule has 2 N–H and O–H groups in total. The molecule has 0 unspecified atom stereocenters. The van der Waals surface area contributed by atoms with E-state index in [1.54, 1.807) is 18.2 Å². The Kier molecular flexibility index (Phi) is 6.51. The first-order valence-corrected chi connectivity index (χ1v) is 9.34. The molecule has 3 rings (SSSR count). The third kappa shape index (κ3) is 5.72. The van der Waals surface area contributed by atoms with Crippen LogP contribution in [0, 0.1) is 11.5 Å². The van der Waals surface area contributed by atoms with Crippen LogP contribution < -0.4 is 10.00 Å². The number of nitrogens with one attached hydrogen (secondary N) is 2. The molecule has 1 amide bonds. The molecule has 1 aromatic heterocycles. The highest BCUT2D eigenvalue weighted by Gasteiger charge is 2.38. The second-order valence-electron chi connectivity index (χ2n) is 6.65. The van der Waals surface area contributed by atoms with Crippen molar-refractivity contribution in [2.45, 2.75) is 12.4 Å². The maximum absolute atomic E-state index is 13.2. The first-order valence-electron chi connectivity index (χ1n) is 8.96. The topological polar surface area (TPSA) is 72.6 Å². The van der Waals surface area contributed by atoms with E-state index in [2.05, 4.69) is 5.10 Å². The lowest BCUT2D eigenvalue weighted by Gasteiger charge is -2.11. The second-order valence-corrected chi connectivity index (χ2v) is 7.09. The lowest BCUT2D eigenvalue weighted by Crippen LogP contribution is -2.33. The van der Waals surface area contributed by atoms with Crippen molar-refractivity contribution in [2.24, 2.45) is 0 Å². The molecular formula is C21H12ClF6N4O+. The number of benzene rings is 2. The van der Waals surface area contributed by atoms with E-state index < -0.39 is 35.1 Å². The zero-order valence-corrected chi connectivity index (χ0v) is 17.0. The molecule has 0 bridgehead atoms. The first kappa shape index (κ1) is 23.9. The Labute approximate surface area is 187 Å². The zero-order valence-electron chi connectivity index (χ0n) is 16.2. The van der Waals surface area contributed by atoms with E-state index in [4.69, 9.17) is 16.9 Å². The SMILES string of the molecule is N#CNC(=O)/C=C/c1c[n+](-c2cc(C(F)(F)F)cc(C(F)(F)F)c2)[nH]c1-c1cccc(Cl)c1. The number of nitriles is 1. The number of aromatic nitrogens is 2. The standard InChI is InChI=1S/C21H11ClF6N4O/c22-16-3-1-2-12(6-16)19-13(4-5-18(33)30-11-29)10-32(31-19)17-8-14(20(23,24)25)7-15(9-17)21(26,27)28/h1-10H,(H,30,33)/p+1/b5-4+. The monoisotopic (exact) mass is 485 g/mol. The summed E-state index contributed by atoms with van der Waals surface area (Å²) in [7, 11) is 0. The van der Waals surface area contributed by atoms with Gasteiger partial charge in [0.05, 0.1) is 16.7 Å². The molecule has 0 saturated heterocycles. The molecule has 0 aliphatic carbocycles. The zero-order chi connectivity index (χ0) is 24.4. The number of carbonyl (C=O) groups is 1. The van der Waals surface area contributed by atoms with Crippen molar-refractivity contribution >= 4 is 23.6 Å². The van der Waals surface area contributed by atoms with Crippen LogP contribution >= 0.6 is 11.6 Å². The summed E-state index contributed by atoms with van der Waals surface area (Å²) in [6.07, 6.45) is -5.16. The van der Waals surface area contributed by atoms with Crippen LogP contribution in [-0.2, 0) is 17.1 Å². The molecule has 5 nitrogen and oxygen atoms in total. The Morgan fingerprint density at radius 3 is 2.24 bits per heavy atom. The minimum atomic E-state index is -5.02. The quantitative estimate of drug-likeness (QED) is 0.174. The molecule has 0 spiro atoms. The molecule has 33 heavy (non-hydrogen) atoms.